The van der Waals surface area contributed by atoms with Crippen LogP contribution in [0.4, 0.5) is 0 Å². The van der Waals surface area contributed by atoms with Gasteiger partial charge < -0.3 is 4.90 Å². The summed E-state index contributed by atoms with van der Waals surface area (Å²) >= 11 is 0. The van der Waals surface area contributed by atoms with Crippen LogP contribution in [0, 0.1) is 6.92 Å². The highest BCUT2D eigenvalue weighted by molar-refractivity contribution is 7.89. The highest BCUT2D eigenvalue weighted by Crippen LogP contribution is 2.21. The number of hydrogen-bond acceptors (Lipinski definition) is 3. The van der Waals surface area contributed by atoms with Crippen LogP contribution in [0.5, 0.6) is 0 Å². The van der Waals surface area contributed by atoms with Crippen molar-refractivity contribution < 1.29 is 13.2 Å². The molecule has 0 spiro atoms. The maximum absolute atomic E-state index is 12.7. The number of primary sulfonamides is 1. The van der Waals surface area contributed by atoms with Gasteiger partial charge in [0.1, 0.15) is 0 Å². The Morgan fingerprint density at radius 1 is 1.38 bits per heavy atom. The predicted octanol–water partition coefficient (Wildman–Crippen LogP) is 2.07. The van der Waals surface area contributed by atoms with Gasteiger partial charge in [0.2, 0.25) is 10.0 Å². The Kier molecular flexibility index (Phi) is 4.96. The van der Waals surface area contributed by atoms with E-state index in [9.17, 15) is 13.2 Å². The molecule has 6 heteroatoms. The molecule has 1 rings (SSSR count). The minimum absolute atomic E-state index is 0.0658. The quantitative estimate of drug-likeness (QED) is 0.864. The molecule has 1 amide bonds. The number of rotatable bonds is 4. The van der Waals surface area contributed by atoms with E-state index in [1.165, 1.54) is 12.1 Å². The smallest absolute Gasteiger partial charge is 0.254 e. The molecular weight excluding hydrogens is 288 g/mol. The van der Waals surface area contributed by atoms with Gasteiger partial charge in [-0.25, -0.2) is 13.6 Å². The Labute approximate surface area is 126 Å². The fourth-order valence-corrected chi connectivity index (χ4v) is 2.48. The first-order valence-corrected chi connectivity index (χ1v) is 8.09. The number of nitrogens with zero attached hydrogens (tertiary/aromatic N) is 1. The molecule has 0 unspecified atom stereocenters. The van der Waals surface area contributed by atoms with Gasteiger partial charge in [-0.15, -0.1) is 6.58 Å². The lowest BCUT2D eigenvalue weighted by molar-refractivity contribution is 0.0615. The van der Waals surface area contributed by atoms with Crippen LogP contribution in [-0.2, 0) is 10.0 Å². The molecule has 0 saturated heterocycles. The van der Waals surface area contributed by atoms with E-state index in [2.05, 4.69) is 6.58 Å². The highest BCUT2D eigenvalue weighted by Gasteiger charge is 2.27. The van der Waals surface area contributed by atoms with Crippen LogP contribution in [-0.4, -0.2) is 31.3 Å². The van der Waals surface area contributed by atoms with Gasteiger partial charge in [0.15, 0.2) is 0 Å². The number of aryl methyl sites for hydroxylation is 1. The van der Waals surface area contributed by atoms with Crippen LogP contribution < -0.4 is 5.14 Å². The number of benzene rings is 1. The first-order valence-electron chi connectivity index (χ1n) is 6.55. The first kappa shape index (κ1) is 17.4. The molecule has 0 aliphatic carbocycles. The summed E-state index contributed by atoms with van der Waals surface area (Å²) in [7, 11) is -3.84. The lowest BCUT2D eigenvalue weighted by Gasteiger charge is -2.35. The average Bonchev–Trinajstić information content (AvgIpc) is 2.33. The normalized spacial score (nSPS) is 12.0. The van der Waals surface area contributed by atoms with Gasteiger partial charge in [0.05, 0.1) is 4.90 Å². The van der Waals surface area contributed by atoms with E-state index in [4.69, 9.17) is 5.14 Å². The molecule has 0 saturated carbocycles. The fraction of sp³-hybridized carbons (Fsp3) is 0.400. The van der Waals surface area contributed by atoms with Crippen LogP contribution in [0.2, 0.25) is 0 Å². The SMILES string of the molecule is C=CCN(C(=O)c1cc(S(N)(=O)=O)ccc1C)C(C)(C)C. The minimum Gasteiger partial charge on any atom is -0.330 e. The van der Waals surface area contributed by atoms with Crippen LogP contribution in [0.25, 0.3) is 0 Å². The third-order valence-corrected chi connectivity index (χ3v) is 4.05. The molecule has 1 aromatic carbocycles. The molecule has 0 fully saturated rings. The molecule has 0 bridgehead atoms. The molecule has 21 heavy (non-hydrogen) atoms. The maximum atomic E-state index is 12.7. The van der Waals surface area contributed by atoms with Crippen LogP contribution in [0.1, 0.15) is 36.7 Å². The van der Waals surface area contributed by atoms with Crippen LogP contribution in [0.3, 0.4) is 0 Å². The van der Waals surface area contributed by atoms with Crippen molar-refractivity contribution in [3.63, 3.8) is 0 Å². The van der Waals surface area contributed by atoms with Gasteiger partial charge in [-0.1, -0.05) is 12.1 Å². The standard InChI is InChI=1S/C15H22N2O3S/c1-6-9-17(15(3,4)5)14(18)13-10-12(21(16,19)20)8-7-11(13)2/h6-8,10H,1,9H2,2-5H3,(H2,16,19,20). The Morgan fingerprint density at radius 3 is 2.38 bits per heavy atom. The van der Waals surface area contributed by atoms with Gasteiger partial charge in [-0.05, 0) is 45.4 Å². The monoisotopic (exact) mass is 310 g/mol. The lowest BCUT2D eigenvalue weighted by atomic mass is 10.0. The minimum atomic E-state index is -3.84. The lowest BCUT2D eigenvalue weighted by Crippen LogP contribution is -2.45. The van der Waals surface area contributed by atoms with Gasteiger partial charge in [0, 0.05) is 17.6 Å². The molecule has 2 N–H and O–H groups in total. The van der Waals surface area contributed by atoms with Gasteiger partial charge in [-0.2, -0.15) is 0 Å². The van der Waals surface area contributed by atoms with E-state index < -0.39 is 15.6 Å². The van der Waals surface area contributed by atoms with Crippen molar-refractivity contribution in [3.8, 4) is 0 Å². The molecule has 1 aromatic rings. The van der Waals surface area contributed by atoms with E-state index in [0.717, 1.165) is 0 Å². The van der Waals surface area contributed by atoms with Gasteiger partial charge in [0.25, 0.3) is 5.91 Å². The summed E-state index contributed by atoms with van der Waals surface area (Å²) in [5.41, 5.74) is 0.624. The van der Waals surface area contributed by atoms with Gasteiger partial charge >= 0.3 is 0 Å². The fourth-order valence-electron chi connectivity index (χ4n) is 1.94. The van der Waals surface area contributed by atoms with Crippen molar-refractivity contribution in [1.82, 2.24) is 4.90 Å². The number of carbonyl (C=O) groups excluding carboxylic acids is 1. The Bertz CT molecular complexity index is 658. The predicted molar refractivity (Wildman–Crippen MR) is 83.5 cm³/mol. The molecule has 0 aliphatic heterocycles. The number of amides is 1. The van der Waals surface area contributed by atoms with E-state index in [-0.39, 0.29) is 10.8 Å². The molecule has 0 aromatic heterocycles. The van der Waals surface area contributed by atoms with Crippen molar-refractivity contribution in [2.24, 2.45) is 5.14 Å². The largest absolute Gasteiger partial charge is 0.330 e. The second kappa shape index (κ2) is 5.99. The van der Waals surface area contributed by atoms with E-state index in [0.29, 0.717) is 17.7 Å². The first-order chi connectivity index (χ1) is 9.48. The van der Waals surface area contributed by atoms with Crippen molar-refractivity contribution in [2.75, 3.05) is 6.54 Å². The maximum Gasteiger partial charge on any atom is 0.254 e. The van der Waals surface area contributed by atoms with Crippen LogP contribution in [0.15, 0.2) is 35.7 Å². The summed E-state index contributed by atoms with van der Waals surface area (Å²) in [6.45, 7) is 11.5. The number of nitrogens with two attached hydrogens (primary N) is 1. The van der Waals surface area contributed by atoms with Crippen LogP contribution >= 0.6 is 0 Å². The Hall–Kier alpha value is -1.66. The van der Waals surface area contributed by atoms with Crippen molar-refractivity contribution in [1.29, 1.82) is 0 Å². The second-order valence-corrected chi connectivity index (χ2v) is 7.46. The molecule has 5 nitrogen and oxygen atoms in total. The number of carbonyl (C=O) groups is 1. The summed E-state index contributed by atoms with van der Waals surface area (Å²) in [5, 5.41) is 5.13. The summed E-state index contributed by atoms with van der Waals surface area (Å²) < 4.78 is 22.9. The highest BCUT2D eigenvalue weighted by atomic mass is 32.2. The van der Waals surface area contributed by atoms with Crippen molar-refractivity contribution in [2.45, 2.75) is 38.1 Å². The zero-order chi connectivity index (χ0) is 16.4. The zero-order valence-electron chi connectivity index (χ0n) is 12.9. The average molecular weight is 310 g/mol. The summed E-state index contributed by atoms with van der Waals surface area (Å²) in [6, 6.07) is 4.31. The summed E-state index contributed by atoms with van der Waals surface area (Å²) in [4.78, 5) is 14.3. The molecule has 0 aliphatic rings. The molecule has 0 atom stereocenters. The number of hydrogen-bond donors (Lipinski definition) is 1. The van der Waals surface area contributed by atoms with Crippen molar-refractivity contribution >= 4 is 15.9 Å². The topological polar surface area (TPSA) is 80.5 Å². The summed E-state index contributed by atoms with van der Waals surface area (Å²) in [6.07, 6.45) is 1.64. The van der Waals surface area contributed by atoms with E-state index >= 15 is 0 Å². The molecular formula is C15H22N2O3S. The third-order valence-electron chi connectivity index (χ3n) is 3.13. The Morgan fingerprint density at radius 2 is 1.95 bits per heavy atom. The zero-order valence-corrected chi connectivity index (χ0v) is 13.7. The molecule has 0 radical (unpaired) electrons. The Balaban J connectivity index is 3.37. The number of sulfonamides is 1. The summed E-state index contributed by atoms with van der Waals surface area (Å²) in [5.74, 6) is -0.245. The molecule has 0 heterocycles. The molecule has 116 valence electrons. The van der Waals surface area contributed by atoms with Gasteiger partial charge in [-0.3, -0.25) is 4.79 Å². The van der Waals surface area contributed by atoms with E-state index in [1.807, 2.05) is 20.8 Å². The second-order valence-electron chi connectivity index (χ2n) is 5.90. The van der Waals surface area contributed by atoms with Crippen molar-refractivity contribution in [3.05, 3.63) is 42.0 Å². The van der Waals surface area contributed by atoms with E-state index in [1.54, 1.807) is 24.0 Å². The third kappa shape index (κ3) is 4.15.